The van der Waals surface area contributed by atoms with Crippen molar-refractivity contribution >= 4 is 0 Å². The van der Waals surface area contributed by atoms with Gasteiger partial charge in [-0.25, -0.2) is 0 Å². The smallest absolute Gasteiger partial charge is 0.125 e. The molecule has 4 nitrogen and oxygen atoms in total. The SMILES string of the molecule is Cc1cccc(C)c1OCCCN(CCC#N)CCC#N. The average Bonchev–Trinajstić information content (AvgIpc) is 2.48. The lowest BCUT2D eigenvalue weighted by Gasteiger charge is -2.20. The predicted octanol–water partition coefficient (Wildman–Crippen LogP) is 3.20. The van der Waals surface area contributed by atoms with Crippen LogP contribution in [-0.4, -0.2) is 31.1 Å². The van der Waals surface area contributed by atoms with Gasteiger partial charge in [0, 0.05) is 32.5 Å². The van der Waals surface area contributed by atoms with Crippen LogP contribution in [0.15, 0.2) is 18.2 Å². The molecule has 0 saturated heterocycles. The van der Waals surface area contributed by atoms with Gasteiger partial charge < -0.3 is 9.64 Å². The minimum absolute atomic E-state index is 0.503. The molecule has 0 aliphatic carbocycles. The largest absolute Gasteiger partial charge is 0.493 e. The third-order valence-electron chi connectivity index (χ3n) is 3.35. The van der Waals surface area contributed by atoms with Gasteiger partial charge in [-0.15, -0.1) is 0 Å². The molecule has 0 radical (unpaired) electrons. The maximum Gasteiger partial charge on any atom is 0.125 e. The highest BCUT2D eigenvalue weighted by Crippen LogP contribution is 2.22. The van der Waals surface area contributed by atoms with E-state index in [2.05, 4.69) is 43.0 Å². The fourth-order valence-corrected chi connectivity index (χ4v) is 2.24. The zero-order valence-corrected chi connectivity index (χ0v) is 12.9. The van der Waals surface area contributed by atoms with Gasteiger partial charge in [0.1, 0.15) is 5.75 Å². The Morgan fingerprint density at radius 3 is 2.10 bits per heavy atom. The number of benzene rings is 1. The molecule has 1 aromatic carbocycles. The van der Waals surface area contributed by atoms with E-state index in [-0.39, 0.29) is 0 Å². The highest BCUT2D eigenvalue weighted by Gasteiger charge is 2.06. The van der Waals surface area contributed by atoms with Gasteiger partial charge in [0.05, 0.1) is 18.7 Å². The quantitative estimate of drug-likeness (QED) is 0.654. The Kier molecular flexibility index (Phi) is 7.94. The van der Waals surface area contributed by atoms with Crippen molar-refractivity contribution in [2.24, 2.45) is 0 Å². The molecule has 1 aromatic rings. The van der Waals surface area contributed by atoms with Gasteiger partial charge in [-0.2, -0.15) is 10.5 Å². The minimum atomic E-state index is 0.503. The number of hydrogen-bond acceptors (Lipinski definition) is 4. The third-order valence-corrected chi connectivity index (χ3v) is 3.35. The van der Waals surface area contributed by atoms with Crippen LogP contribution in [0.5, 0.6) is 5.75 Å². The van der Waals surface area contributed by atoms with Crippen molar-refractivity contribution in [1.82, 2.24) is 4.90 Å². The Balaban J connectivity index is 2.37. The summed E-state index contributed by atoms with van der Waals surface area (Å²) in [7, 11) is 0. The first-order chi connectivity index (χ1) is 10.2. The van der Waals surface area contributed by atoms with Gasteiger partial charge in [-0.3, -0.25) is 0 Å². The number of nitriles is 2. The van der Waals surface area contributed by atoms with Gasteiger partial charge in [0.15, 0.2) is 0 Å². The Morgan fingerprint density at radius 1 is 1.00 bits per heavy atom. The molecule has 0 fully saturated rings. The van der Waals surface area contributed by atoms with Gasteiger partial charge in [0.2, 0.25) is 0 Å². The van der Waals surface area contributed by atoms with E-state index in [0.717, 1.165) is 42.9 Å². The molecule has 0 unspecified atom stereocenters. The lowest BCUT2D eigenvalue weighted by molar-refractivity contribution is 0.239. The Hall–Kier alpha value is -2.04. The monoisotopic (exact) mass is 285 g/mol. The van der Waals surface area contributed by atoms with Crippen LogP contribution in [-0.2, 0) is 0 Å². The molecule has 0 bridgehead atoms. The zero-order valence-electron chi connectivity index (χ0n) is 12.9. The maximum absolute atomic E-state index is 8.66. The molecule has 0 atom stereocenters. The summed E-state index contributed by atoms with van der Waals surface area (Å²) in [6.07, 6.45) is 1.90. The number of aryl methyl sites for hydroxylation is 2. The molecule has 0 amide bonds. The van der Waals surface area contributed by atoms with Crippen molar-refractivity contribution in [3.8, 4) is 17.9 Å². The molecule has 1 rings (SSSR count). The summed E-state index contributed by atoms with van der Waals surface area (Å²) >= 11 is 0. The Bertz CT molecular complexity index is 475. The lowest BCUT2D eigenvalue weighted by atomic mass is 10.1. The Labute approximate surface area is 127 Å². The maximum atomic E-state index is 8.66. The second-order valence-electron chi connectivity index (χ2n) is 5.08. The average molecular weight is 285 g/mol. The molecule has 0 aliphatic heterocycles. The van der Waals surface area contributed by atoms with Crippen LogP contribution < -0.4 is 4.74 Å². The van der Waals surface area contributed by atoms with Crippen molar-refractivity contribution in [3.05, 3.63) is 29.3 Å². The van der Waals surface area contributed by atoms with Crippen molar-refractivity contribution in [1.29, 1.82) is 10.5 Å². The van der Waals surface area contributed by atoms with E-state index in [1.54, 1.807) is 0 Å². The van der Waals surface area contributed by atoms with E-state index in [1.165, 1.54) is 0 Å². The minimum Gasteiger partial charge on any atom is -0.493 e. The molecule has 4 heteroatoms. The number of ether oxygens (including phenoxy) is 1. The molecule has 0 aromatic heterocycles. The molecule has 0 aliphatic rings. The summed E-state index contributed by atoms with van der Waals surface area (Å²) < 4.78 is 5.87. The fraction of sp³-hybridized carbons (Fsp3) is 0.529. The van der Waals surface area contributed by atoms with Gasteiger partial charge in [-0.05, 0) is 31.4 Å². The molecule has 21 heavy (non-hydrogen) atoms. The second-order valence-corrected chi connectivity index (χ2v) is 5.08. The van der Waals surface area contributed by atoms with Crippen LogP contribution in [0, 0.1) is 36.5 Å². The first kappa shape index (κ1) is 17.0. The predicted molar refractivity (Wildman–Crippen MR) is 82.9 cm³/mol. The van der Waals surface area contributed by atoms with Crippen molar-refractivity contribution < 1.29 is 4.74 Å². The second kappa shape index (κ2) is 9.80. The molecule has 0 heterocycles. The van der Waals surface area contributed by atoms with Crippen LogP contribution in [0.25, 0.3) is 0 Å². The third kappa shape index (κ3) is 6.29. The molecular formula is C17H23N3O. The summed E-state index contributed by atoms with van der Waals surface area (Å²) in [6, 6.07) is 10.4. The van der Waals surface area contributed by atoms with E-state index >= 15 is 0 Å². The first-order valence-corrected chi connectivity index (χ1v) is 7.34. The molecular weight excluding hydrogens is 262 g/mol. The Morgan fingerprint density at radius 2 is 1.57 bits per heavy atom. The standard InChI is InChI=1S/C17H23N3O/c1-15-7-3-8-16(2)17(15)21-14-6-13-20(11-4-9-18)12-5-10-19/h3,7-8H,4-6,11-14H2,1-2H3. The first-order valence-electron chi connectivity index (χ1n) is 7.34. The van der Waals surface area contributed by atoms with Crippen molar-refractivity contribution in [2.45, 2.75) is 33.1 Å². The van der Waals surface area contributed by atoms with Gasteiger partial charge in [-0.1, -0.05) is 18.2 Å². The van der Waals surface area contributed by atoms with Gasteiger partial charge >= 0.3 is 0 Å². The summed E-state index contributed by atoms with van der Waals surface area (Å²) in [5.41, 5.74) is 2.31. The van der Waals surface area contributed by atoms with Gasteiger partial charge in [0.25, 0.3) is 0 Å². The molecule has 0 saturated carbocycles. The van der Waals surface area contributed by atoms with Crippen molar-refractivity contribution in [2.75, 3.05) is 26.2 Å². The van der Waals surface area contributed by atoms with Crippen LogP contribution >= 0.6 is 0 Å². The number of hydrogen-bond donors (Lipinski definition) is 0. The van der Waals surface area contributed by atoms with Crippen LogP contribution in [0.3, 0.4) is 0 Å². The lowest BCUT2D eigenvalue weighted by Crippen LogP contribution is -2.28. The zero-order chi connectivity index (χ0) is 15.5. The van der Waals surface area contributed by atoms with Crippen LogP contribution in [0.2, 0.25) is 0 Å². The van der Waals surface area contributed by atoms with E-state index in [1.807, 2.05) is 6.07 Å². The fourth-order valence-electron chi connectivity index (χ4n) is 2.24. The summed E-state index contributed by atoms with van der Waals surface area (Å²) in [4.78, 5) is 2.15. The molecule has 0 N–H and O–H groups in total. The van der Waals surface area contributed by atoms with Crippen LogP contribution in [0.1, 0.15) is 30.4 Å². The highest BCUT2D eigenvalue weighted by molar-refractivity contribution is 5.39. The summed E-state index contributed by atoms with van der Waals surface area (Å²) in [5.74, 6) is 0.970. The molecule has 0 spiro atoms. The number of rotatable bonds is 9. The van der Waals surface area contributed by atoms with E-state index < -0.39 is 0 Å². The molecule has 112 valence electrons. The number of nitrogens with zero attached hydrogens (tertiary/aromatic N) is 3. The van der Waals surface area contributed by atoms with E-state index in [9.17, 15) is 0 Å². The van der Waals surface area contributed by atoms with E-state index in [0.29, 0.717) is 19.4 Å². The van der Waals surface area contributed by atoms with E-state index in [4.69, 9.17) is 15.3 Å². The summed E-state index contributed by atoms with van der Waals surface area (Å²) in [6.45, 7) is 7.06. The highest BCUT2D eigenvalue weighted by atomic mass is 16.5. The van der Waals surface area contributed by atoms with Crippen LogP contribution in [0.4, 0.5) is 0 Å². The van der Waals surface area contributed by atoms with Crippen molar-refractivity contribution in [3.63, 3.8) is 0 Å². The number of para-hydroxylation sites is 1. The normalized spacial score (nSPS) is 10.1. The summed E-state index contributed by atoms with van der Waals surface area (Å²) in [5, 5.41) is 17.3. The topological polar surface area (TPSA) is 60.0 Å².